The van der Waals surface area contributed by atoms with Crippen molar-refractivity contribution in [3.63, 3.8) is 0 Å². The van der Waals surface area contributed by atoms with Crippen LogP contribution in [0, 0.1) is 21.4 Å². The van der Waals surface area contributed by atoms with Crippen molar-refractivity contribution in [2.24, 2.45) is 11.3 Å². The predicted octanol–water partition coefficient (Wildman–Crippen LogP) is 2.52. The molecule has 0 saturated carbocycles. The summed E-state index contributed by atoms with van der Waals surface area (Å²) in [6.45, 7) is 5.77. The number of carbonyl (C=O) groups excluding carboxylic acids is 1. The number of nitrogens with zero attached hydrogens (tertiary/aromatic N) is 1. The Balaban J connectivity index is 2.64. The van der Waals surface area contributed by atoms with Gasteiger partial charge >= 0.3 is 11.0 Å². The van der Waals surface area contributed by atoms with E-state index in [9.17, 15) is 19.7 Å². The van der Waals surface area contributed by atoms with Crippen LogP contribution < -0.4 is 5.32 Å². The van der Waals surface area contributed by atoms with Crippen LogP contribution in [0.5, 0.6) is 0 Å². The van der Waals surface area contributed by atoms with Crippen LogP contribution in [0.1, 0.15) is 36.9 Å². The summed E-state index contributed by atoms with van der Waals surface area (Å²) in [4.78, 5) is 33.2. The normalized spacial score (nSPS) is 12.7. The minimum atomic E-state index is -0.970. The van der Waals surface area contributed by atoms with Crippen molar-refractivity contribution in [1.82, 2.24) is 5.32 Å². The number of aliphatic carboxylic acids is 1. The standard InChI is InChI=1S/C13H18N2O5S/c1-13(2,3)6-8(12(17)18)7-14-11(16)9-4-5-10(21-9)15(19)20/h4-5,8H,6-7H2,1-3H3,(H,14,16)(H,17,18). The van der Waals surface area contributed by atoms with Gasteiger partial charge in [-0.3, -0.25) is 19.7 Å². The molecular formula is C13H18N2O5S. The minimum Gasteiger partial charge on any atom is -0.481 e. The first kappa shape index (κ1) is 17.1. The number of nitrogens with one attached hydrogen (secondary N) is 1. The molecule has 0 bridgehead atoms. The zero-order valence-electron chi connectivity index (χ0n) is 12.1. The van der Waals surface area contributed by atoms with Crippen LogP contribution in [0.4, 0.5) is 5.00 Å². The summed E-state index contributed by atoms with van der Waals surface area (Å²) in [6, 6.07) is 2.61. The number of hydrogen-bond acceptors (Lipinski definition) is 5. The van der Waals surface area contributed by atoms with E-state index in [1.807, 2.05) is 20.8 Å². The second kappa shape index (κ2) is 6.66. The van der Waals surface area contributed by atoms with Crippen LogP contribution in [0.3, 0.4) is 0 Å². The fraction of sp³-hybridized carbons (Fsp3) is 0.538. The number of carboxylic acid groups (broad SMARTS) is 1. The highest BCUT2D eigenvalue weighted by molar-refractivity contribution is 7.17. The van der Waals surface area contributed by atoms with Crippen molar-refractivity contribution < 1.29 is 19.6 Å². The van der Waals surface area contributed by atoms with Gasteiger partial charge in [-0.1, -0.05) is 32.1 Å². The van der Waals surface area contributed by atoms with Gasteiger partial charge in [0.25, 0.3) is 5.91 Å². The molecule has 0 aliphatic carbocycles. The molecule has 8 heteroatoms. The molecule has 1 aromatic rings. The maximum absolute atomic E-state index is 11.9. The Labute approximate surface area is 126 Å². The fourth-order valence-electron chi connectivity index (χ4n) is 1.84. The van der Waals surface area contributed by atoms with Gasteiger partial charge in [0, 0.05) is 12.6 Å². The van der Waals surface area contributed by atoms with Crippen LogP contribution in [0.15, 0.2) is 12.1 Å². The van der Waals surface area contributed by atoms with Crippen molar-refractivity contribution in [3.8, 4) is 0 Å². The van der Waals surface area contributed by atoms with E-state index in [2.05, 4.69) is 5.32 Å². The molecule has 1 heterocycles. The van der Waals surface area contributed by atoms with E-state index in [4.69, 9.17) is 5.11 Å². The van der Waals surface area contributed by atoms with Crippen molar-refractivity contribution in [1.29, 1.82) is 0 Å². The van der Waals surface area contributed by atoms with Gasteiger partial charge < -0.3 is 10.4 Å². The summed E-state index contributed by atoms with van der Waals surface area (Å²) >= 11 is 0.764. The SMILES string of the molecule is CC(C)(C)CC(CNC(=O)c1ccc([N+](=O)[O-])s1)C(=O)O. The Bertz CT molecular complexity index is 547. The van der Waals surface area contributed by atoms with Gasteiger partial charge in [0.2, 0.25) is 0 Å². The molecule has 2 N–H and O–H groups in total. The molecule has 0 aromatic carbocycles. The first-order chi connectivity index (χ1) is 9.60. The quantitative estimate of drug-likeness (QED) is 0.619. The van der Waals surface area contributed by atoms with Crippen molar-refractivity contribution >= 4 is 28.2 Å². The number of thiophene rings is 1. The van der Waals surface area contributed by atoms with Crippen LogP contribution in [-0.4, -0.2) is 28.5 Å². The second-order valence-electron chi connectivity index (χ2n) is 5.90. The van der Waals surface area contributed by atoms with Crippen molar-refractivity contribution in [2.45, 2.75) is 27.2 Å². The number of rotatable bonds is 6. The summed E-state index contributed by atoms with van der Waals surface area (Å²) in [6.07, 6.45) is 0.424. The molecule has 1 amide bonds. The third-order valence-corrected chi connectivity index (χ3v) is 3.75. The zero-order chi connectivity index (χ0) is 16.2. The Morgan fingerprint density at radius 2 is 2.05 bits per heavy atom. The van der Waals surface area contributed by atoms with E-state index in [1.165, 1.54) is 12.1 Å². The lowest BCUT2D eigenvalue weighted by molar-refractivity contribution is -0.380. The number of hydrogen-bond donors (Lipinski definition) is 2. The molecule has 0 spiro atoms. The number of amides is 1. The Morgan fingerprint density at radius 1 is 1.43 bits per heavy atom. The summed E-state index contributed by atoms with van der Waals surface area (Å²) in [7, 11) is 0. The molecule has 0 saturated heterocycles. The van der Waals surface area contributed by atoms with Crippen LogP contribution >= 0.6 is 11.3 Å². The van der Waals surface area contributed by atoms with Gasteiger partial charge in [0.1, 0.15) is 0 Å². The third-order valence-electron chi connectivity index (χ3n) is 2.71. The van der Waals surface area contributed by atoms with Crippen LogP contribution in [0.25, 0.3) is 0 Å². The molecule has 0 fully saturated rings. The first-order valence-corrected chi connectivity index (χ1v) is 7.17. The summed E-state index contributed by atoms with van der Waals surface area (Å²) in [5.41, 5.74) is -0.171. The van der Waals surface area contributed by atoms with Gasteiger partial charge in [-0.2, -0.15) is 0 Å². The maximum Gasteiger partial charge on any atom is 0.324 e. The molecule has 0 aliphatic rings. The second-order valence-corrected chi connectivity index (χ2v) is 6.97. The molecule has 1 aromatic heterocycles. The molecule has 21 heavy (non-hydrogen) atoms. The van der Waals surface area contributed by atoms with Gasteiger partial charge in [-0.25, -0.2) is 0 Å². The van der Waals surface area contributed by atoms with E-state index < -0.39 is 22.7 Å². The largest absolute Gasteiger partial charge is 0.481 e. The summed E-state index contributed by atoms with van der Waals surface area (Å²) < 4.78 is 0. The smallest absolute Gasteiger partial charge is 0.324 e. The molecule has 1 atom stereocenters. The summed E-state index contributed by atoms with van der Waals surface area (Å²) in [5, 5.41) is 22.1. The molecule has 1 unspecified atom stereocenters. The summed E-state index contributed by atoms with van der Waals surface area (Å²) in [5.74, 6) is -2.15. The highest BCUT2D eigenvalue weighted by Crippen LogP contribution is 2.25. The first-order valence-electron chi connectivity index (χ1n) is 6.35. The topological polar surface area (TPSA) is 110 Å². The predicted molar refractivity (Wildman–Crippen MR) is 78.5 cm³/mol. The van der Waals surface area contributed by atoms with Crippen molar-refractivity contribution in [3.05, 3.63) is 27.1 Å². The zero-order valence-corrected chi connectivity index (χ0v) is 12.9. The van der Waals surface area contributed by atoms with Gasteiger partial charge in [0.15, 0.2) is 0 Å². The lowest BCUT2D eigenvalue weighted by atomic mass is 9.84. The van der Waals surface area contributed by atoms with Gasteiger partial charge in [-0.15, -0.1) is 0 Å². The highest BCUT2D eigenvalue weighted by Gasteiger charge is 2.25. The number of carboxylic acids is 1. The monoisotopic (exact) mass is 314 g/mol. The Hall–Kier alpha value is -1.96. The van der Waals surface area contributed by atoms with E-state index in [0.717, 1.165) is 11.3 Å². The molecular weight excluding hydrogens is 296 g/mol. The lowest BCUT2D eigenvalue weighted by Gasteiger charge is -2.23. The van der Waals surface area contributed by atoms with Gasteiger partial charge in [-0.05, 0) is 17.9 Å². The van der Waals surface area contributed by atoms with E-state index in [-0.39, 0.29) is 21.8 Å². The average molecular weight is 314 g/mol. The van der Waals surface area contributed by atoms with Crippen LogP contribution in [-0.2, 0) is 4.79 Å². The minimum absolute atomic E-state index is 0.00284. The highest BCUT2D eigenvalue weighted by atomic mass is 32.1. The third kappa shape index (κ3) is 5.50. The number of nitro groups is 1. The molecule has 0 radical (unpaired) electrons. The van der Waals surface area contributed by atoms with Crippen LogP contribution in [0.2, 0.25) is 0 Å². The maximum atomic E-state index is 11.9. The van der Waals surface area contributed by atoms with E-state index in [1.54, 1.807) is 0 Å². The Kier molecular flexibility index (Phi) is 5.42. The van der Waals surface area contributed by atoms with E-state index >= 15 is 0 Å². The lowest BCUT2D eigenvalue weighted by Crippen LogP contribution is -2.34. The fourth-order valence-corrected chi connectivity index (χ4v) is 2.57. The molecule has 1 rings (SSSR count). The molecule has 116 valence electrons. The van der Waals surface area contributed by atoms with Crippen molar-refractivity contribution in [2.75, 3.05) is 6.54 Å². The average Bonchev–Trinajstić information content (AvgIpc) is 2.82. The number of carbonyl (C=O) groups is 2. The molecule has 0 aliphatic heterocycles. The van der Waals surface area contributed by atoms with Gasteiger partial charge in [0.05, 0.1) is 15.7 Å². The Morgan fingerprint density at radius 3 is 2.48 bits per heavy atom. The molecule has 7 nitrogen and oxygen atoms in total. The van der Waals surface area contributed by atoms with E-state index in [0.29, 0.717) is 6.42 Å².